The van der Waals surface area contributed by atoms with E-state index in [-0.39, 0.29) is 5.91 Å². The average Bonchev–Trinajstić information content (AvgIpc) is 2.46. The molecule has 0 aliphatic heterocycles. The summed E-state index contributed by atoms with van der Waals surface area (Å²) in [6, 6.07) is 8.31. The zero-order valence-corrected chi connectivity index (χ0v) is 12.4. The summed E-state index contributed by atoms with van der Waals surface area (Å²) < 4.78 is 0. The Labute approximate surface area is 117 Å². The van der Waals surface area contributed by atoms with Gasteiger partial charge in [0.05, 0.1) is 0 Å². The van der Waals surface area contributed by atoms with Crippen molar-refractivity contribution in [3.8, 4) is 0 Å². The number of halogens is 1. The normalized spacial score (nSPS) is 16.6. The van der Waals surface area contributed by atoms with Crippen LogP contribution in [0.3, 0.4) is 0 Å². The molecule has 1 aliphatic carbocycles. The third-order valence-electron chi connectivity index (χ3n) is 3.77. The smallest absolute Gasteiger partial charge is 0.253 e. The lowest BCUT2D eigenvalue weighted by atomic mass is 9.94. The van der Waals surface area contributed by atoms with E-state index in [0.717, 1.165) is 29.3 Å². The molecule has 1 amide bonds. The van der Waals surface area contributed by atoms with Crippen molar-refractivity contribution in [1.82, 2.24) is 4.90 Å². The van der Waals surface area contributed by atoms with E-state index in [2.05, 4.69) is 15.9 Å². The molecule has 0 atom stereocenters. The summed E-state index contributed by atoms with van der Waals surface area (Å²) in [4.78, 5) is 14.4. The summed E-state index contributed by atoms with van der Waals surface area (Å²) in [6.45, 7) is 0. The van der Waals surface area contributed by atoms with E-state index in [1.165, 1.54) is 19.3 Å². The molecule has 2 rings (SSSR count). The second-order valence-electron chi connectivity index (χ2n) is 5.04. The van der Waals surface area contributed by atoms with Crippen molar-refractivity contribution in [2.75, 3.05) is 7.05 Å². The molecule has 98 valence electrons. The largest absolute Gasteiger partial charge is 0.339 e. The highest BCUT2D eigenvalue weighted by molar-refractivity contribution is 9.08. The van der Waals surface area contributed by atoms with Gasteiger partial charge < -0.3 is 4.90 Å². The molecule has 0 spiro atoms. The van der Waals surface area contributed by atoms with Crippen LogP contribution in [0.1, 0.15) is 48.0 Å². The van der Waals surface area contributed by atoms with Gasteiger partial charge in [0.25, 0.3) is 5.91 Å². The maximum atomic E-state index is 12.4. The maximum Gasteiger partial charge on any atom is 0.253 e. The van der Waals surface area contributed by atoms with Crippen LogP contribution in [0.5, 0.6) is 0 Å². The molecule has 1 aromatic rings. The van der Waals surface area contributed by atoms with Crippen molar-refractivity contribution in [1.29, 1.82) is 0 Å². The highest BCUT2D eigenvalue weighted by atomic mass is 79.9. The topological polar surface area (TPSA) is 20.3 Å². The van der Waals surface area contributed by atoms with Crippen LogP contribution < -0.4 is 0 Å². The maximum absolute atomic E-state index is 12.4. The quantitative estimate of drug-likeness (QED) is 0.773. The molecule has 0 aromatic heterocycles. The zero-order valence-electron chi connectivity index (χ0n) is 10.9. The van der Waals surface area contributed by atoms with E-state index in [1.54, 1.807) is 0 Å². The van der Waals surface area contributed by atoms with Gasteiger partial charge in [-0.3, -0.25) is 4.79 Å². The first kappa shape index (κ1) is 13.6. The molecule has 1 aromatic carbocycles. The van der Waals surface area contributed by atoms with Crippen molar-refractivity contribution in [3.63, 3.8) is 0 Å². The van der Waals surface area contributed by atoms with Crippen LogP contribution in [-0.4, -0.2) is 23.9 Å². The van der Waals surface area contributed by atoms with E-state index >= 15 is 0 Å². The van der Waals surface area contributed by atoms with E-state index < -0.39 is 0 Å². The van der Waals surface area contributed by atoms with Crippen LogP contribution >= 0.6 is 15.9 Å². The van der Waals surface area contributed by atoms with Crippen LogP contribution in [0.25, 0.3) is 0 Å². The third-order valence-corrected chi connectivity index (χ3v) is 4.42. The summed E-state index contributed by atoms with van der Waals surface area (Å²) in [6.07, 6.45) is 6.13. The van der Waals surface area contributed by atoms with E-state index in [0.29, 0.717) is 6.04 Å². The summed E-state index contributed by atoms with van der Waals surface area (Å²) in [5.74, 6) is 0.157. The summed E-state index contributed by atoms with van der Waals surface area (Å²) in [5, 5.41) is 0.793. The van der Waals surface area contributed by atoms with Gasteiger partial charge in [-0.05, 0) is 30.5 Å². The van der Waals surface area contributed by atoms with Gasteiger partial charge in [0, 0.05) is 24.0 Å². The lowest BCUT2D eigenvalue weighted by Crippen LogP contribution is -2.38. The van der Waals surface area contributed by atoms with Crippen molar-refractivity contribution >= 4 is 21.8 Å². The predicted molar refractivity (Wildman–Crippen MR) is 78.0 cm³/mol. The van der Waals surface area contributed by atoms with E-state index in [4.69, 9.17) is 0 Å². The molecule has 18 heavy (non-hydrogen) atoms. The fourth-order valence-corrected chi connectivity index (χ4v) is 2.97. The van der Waals surface area contributed by atoms with Gasteiger partial charge in [-0.2, -0.15) is 0 Å². The minimum Gasteiger partial charge on any atom is -0.339 e. The molecule has 0 unspecified atom stereocenters. The summed E-state index contributed by atoms with van der Waals surface area (Å²) in [5.41, 5.74) is 1.96. The third kappa shape index (κ3) is 3.14. The van der Waals surface area contributed by atoms with Crippen LogP contribution in [0, 0.1) is 0 Å². The van der Waals surface area contributed by atoms with Gasteiger partial charge in [0.1, 0.15) is 0 Å². The molecule has 1 saturated carbocycles. The zero-order chi connectivity index (χ0) is 13.0. The lowest BCUT2D eigenvalue weighted by molar-refractivity contribution is 0.0696. The van der Waals surface area contributed by atoms with Crippen LogP contribution in [-0.2, 0) is 5.33 Å². The number of hydrogen-bond acceptors (Lipinski definition) is 1. The van der Waals surface area contributed by atoms with E-state index in [9.17, 15) is 4.79 Å². The van der Waals surface area contributed by atoms with Crippen molar-refractivity contribution in [3.05, 3.63) is 35.4 Å². The first-order chi connectivity index (χ1) is 8.72. The Hall–Kier alpha value is -0.830. The molecule has 0 N–H and O–H groups in total. The summed E-state index contributed by atoms with van der Waals surface area (Å²) in [7, 11) is 1.94. The number of nitrogens with zero attached hydrogens (tertiary/aromatic N) is 1. The molecular weight excluding hydrogens is 290 g/mol. The molecule has 0 heterocycles. The molecule has 0 radical (unpaired) electrons. The fourth-order valence-electron chi connectivity index (χ4n) is 2.63. The Morgan fingerprint density at radius 3 is 2.72 bits per heavy atom. The number of carbonyl (C=O) groups excluding carboxylic acids is 1. The number of benzene rings is 1. The van der Waals surface area contributed by atoms with Gasteiger partial charge in [0.15, 0.2) is 0 Å². The Balaban J connectivity index is 2.09. The van der Waals surface area contributed by atoms with Crippen LogP contribution in [0.2, 0.25) is 0 Å². The van der Waals surface area contributed by atoms with Crippen molar-refractivity contribution in [2.45, 2.75) is 43.5 Å². The minimum absolute atomic E-state index is 0.157. The number of hydrogen-bond donors (Lipinski definition) is 0. The SMILES string of the molecule is CN(C(=O)c1cccc(CBr)c1)C1CCCCC1. The Morgan fingerprint density at radius 1 is 1.33 bits per heavy atom. The molecule has 1 aliphatic rings. The number of amides is 1. The van der Waals surface area contributed by atoms with Crippen molar-refractivity contribution < 1.29 is 4.79 Å². The van der Waals surface area contributed by atoms with Gasteiger partial charge in [-0.15, -0.1) is 0 Å². The highest BCUT2D eigenvalue weighted by Crippen LogP contribution is 2.23. The standard InChI is InChI=1S/C15H20BrNO/c1-17(14-8-3-2-4-9-14)15(18)13-7-5-6-12(10-13)11-16/h5-7,10,14H,2-4,8-9,11H2,1H3. The average molecular weight is 310 g/mol. The Bertz CT molecular complexity index is 413. The number of alkyl halides is 1. The Kier molecular flexibility index (Phi) is 4.81. The molecule has 0 saturated heterocycles. The van der Waals surface area contributed by atoms with Crippen molar-refractivity contribution in [2.24, 2.45) is 0 Å². The molecule has 2 nitrogen and oxygen atoms in total. The first-order valence-electron chi connectivity index (χ1n) is 6.64. The van der Waals surface area contributed by atoms with Crippen LogP contribution in [0.15, 0.2) is 24.3 Å². The first-order valence-corrected chi connectivity index (χ1v) is 7.76. The van der Waals surface area contributed by atoms with Gasteiger partial charge in [-0.1, -0.05) is 47.3 Å². The van der Waals surface area contributed by atoms with Gasteiger partial charge in [0.2, 0.25) is 0 Å². The second kappa shape index (κ2) is 6.37. The second-order valence-corrected chi connectivity index (χ2v) is 5.60. The molecule has 3 heteroatoms. The number of rotatable bonds is 3. The monoisotopic (exact) mass is 309 g/mol. The van der Waals surface area contributed by atoms with Gasteiger partial charge in [-0.25, -0.2) is 0 Å². The number of carbonyl (C=O) groups is 1. The minimum atomic E-state index is 0.157. The van der Waals surface area contributed by atoms with Crippen LogP contribution in [0.4, 0.5) is 0 Å². The summed E-state index contributed by atoms with van der Waals surface area (Å²) >= 11 is 3.43. The Morgan fingerprint density at radius 2 is 2.06 bits per heavy atom. The highest BCUT2D eigenvalue weighted by Gasteiger charge is 2.22. The predicted octanol–water partition coefficient (Wildman–Crippen LogP) is 3.99. The molecular formula is C15H20BrNO. The fraction of sp³-hybridized carbons (Fsp3) is 0.533. The van der Waals surface area contributed by atoms with Gasteiger partial charge >= 0.3 is 0 Å². The molecule has 0 bridgehead atoms. The lowest BCUT2D eigenvalue weighted by Gasteiger charge is -2.31. The molecule has 1 fully saturated rings. The van der Waals surface area contributed by atoms with E-state index in [1.807, 2.05) is 36.2 Å².